The van der Waals surface area contributed by atoms with Crippen molar-refractivity contribution in [2.75, 3.05) is 13.2 Å². The van der Waals surface area contributed by atoms with Crippen LogP contribution in [0.5, 0.6) is 11.5 Å². The van der Waals surface area contributed by atoms with Crippen molar-refractivity contribution in [3.63, 3.8) is 0 Å². The predicted molar refractivity (Wildman–Crippen MR) is 99.4 cm³/mol. The Bertz CT molecular complexity index is 914. The zero-order chi connectivity index (χ0) is 18.8. The Hall–Kier alpha value is -2.61. The van der Waals surface area contributed by atoms with Gasteiger partial charge in [0.25, 0.3) is 5.56 Å². The minimum Gasteiger partial charge on any atom is -0.486 e. The lowest BCUT2D eigenvalue weighted by Gasteiger charge is -2.32. The molecule has 0 amide bonds. The molecule has 8 heteroatoms. The number of fused-ring (bicyclic) bond motifs is 1. The molecule has 1 aliphatic heterocycles. The molecule has 0 radical (unpaired) electrons. The van der Waals surface area contributed by atoms with Crippen LogP contribution in [0, 0.1) is 0 Å². The van der Waals surface area contributed by atoms with Gasteiger partial charge in [-0.3, -0.25) is 9.36 Å². The number of nitrogens with zero attached hydrogens (tertiary/aromatic N) is 3. The van der Waals surface area contributed by atoms with E-state index in [0.717, 1.165) is 48.3 Å². The molecule has 1 N–H and O–H groups in total. The maximum Gasteiger partial charge on any atom is 0.347 e. The van der Waals surface area contributed by atoms with Crippen molar-refractivity contribution < 1.29 is 9.47 Å². The minimum absolute atomic E-state index is 0.00874. The second kappa shape index (κ2) is 7.56. The van der Waals surface area contributed by atoms with Gasteiger partial charge in [-0.05, 0) is 37.8 Å². The molecule has 1 aliphatic carbocycles. The van der Waals surface area contributed by atoms with Crippen LogP contribution in [0.25, 0.3) is 0 Å². The lowest BCUT2D eigenvalue weighted by molar-refractivity contribution is 0.0859. The largest absolute Gasteiger partial charge is 0.486 e. The number of ether oxygens (including phenoxy) is 2. The summed E-state index contributed by atoms with van der Waals surface area (Å²) in [4.78, 5) is 23.7. The molecule has 1 atom stereocenters. The van der Waals surface area contributed by atoms with Gasteiger partial charge in [0.05, 0.1) is 6.04 Å². The monoisotopic (exact) mass is 372 g/mol. The summed E-state index contributed by atoms with van der Waals surface area (Å²) >= 11 is 0. The molecule has 2 aromatic rings. The topological polar surface area (TPSA) is 87.4 Å². The van der Waals surface area contributed by atoms with Crippen molar-refractivity contribution in [2.24, 2.45) is 7.05 Å². The predicted octanol–water partition coefficient (Wildman–Crippen LogP) is 0.855. The number of aromatic nitrogens is 3. The van der Waals surface area contributed by atoms with E-state index in [1.807, 2.05) is 24.3 Å². The Labute approximate surface area is 156 Å². The van der Waals surface area contributed by atoms with Gasteiger partial charge in [0.1, 0.15) is 18.9 Å². The van der Waals surface area contributed by atoms with Crippen LogP contribution in [-0.2, 0) is 7.05 Å². The summed E-state index contributed by atoms with van der Waals surface area (Å²) in [6.45, 7) is 1.26. The second-order valence-corrected chi connectivity index (χ2v) is 7.18. The molecule has 1 unspecified atom stereocenters. The van der Waals surface area contributed by atoms with E-state index in [9.17, 15) is 9.59 Å². The fraction of sp³-hybridized carbons (Fsp3) is 0.526. The normalized spacial score (nSPS) is 24.6. The SMILES string of the molecule is Cn1c(=O)cnn(C2CCC(NCC3COc4ccccc4O3)CC2)c1=O. The van der Waals surface area contributed by atoms with Crippen molar-refractivity contribution in [1.82, 2.24) is 19.7 Å². The molecule has 1 aromatic heterocycles. The molecular formula is C19H24N4O4. The lowest BCUT2D eigenvalue weighted by atomic mass is 9.91. The summed E-state index contributed by atoms with van der Waals surface area (Å²) in [6.07, 6.45) is 4.81. The smallest absolute Gasteiger partial charge is 0.347 e. The average molecular weight is 372 g/mol. The van der Waals surface area contributed by atoms with Crippen LogP contribution in [0.3, 0.4) is 0 Å². The molecule has 0 bridgehead atoms. The molecule has 1 fully saturated rings. The van der Waals surface area contributed by atoms with E-state index < -0.39 is 0 Å². The van der Waals surface area contributed by atoms with E-state index in [-0.39, 0.29) is 23.4 Å². The van der Waals surface area contributed by atoms with Crippen LogP contribution in [0.1, 0.15) is 31.7 Å². The van der Waals surface area contributed by atoms with E-state index >= 15 is 0 Å². The first-order chi connectivity index (χ1) is 13.1. The fourth-order valence-corrected chi connectivity index (χ4v) is 3.73. The molecule has 1 aromatic carbocycles. The quantitative estimate of drug-likeness (QED) is 0.856. The average Bonchev–Trinajstić information content (AvgIpc) is 2.71. The van der Waals surface area contributed by atoms with Gasteiger partial charge in [-0.15, -0.1) is 0 Å². The van der Waals surface area contributed by atoms with E-state index in [0.29, 0.717) is 12.6 Å². The third-order valence-electron chi connectivity index (χ3n) is 5.35. The first kappa shape index (κ1) is 17.8. The van der Waals surface area contributed by atoms with Crippen molar-refractivity contribution in [1.29, 1.82) is 0 Å². The molecule has 8 nitrogen and oxygen atoms in total. The molecule has 0 saturated heterocycles. The van der Waals surface area contributed by atoms with E-state index in [4.69, 9.17) is 9.47 Å². The summed E-state index contributed by atoms with van der Waals surface area (Å²) in [5, 5.41) is 7.60. The summed E-state index contributed by atoms with van der Waals surface area (Å²) in [7, 11) is 1.49. The van der Waals surface area contributed by atoms with Crippen LogP contribution in [-0.4, -0.2) is 39.6 Å². The van der Waals surface area contributed by atoms with Crippen LogP contribution < -0.4 is 26.0 Å². The fourth-order valence-electron chi connectivity index (χ4n) is 3.73. The number of rotatable bonds is 4. The van der Waals surface area contributed by atoms with Gasteiger partial charge >= 0.3 is 5.69 Å². The Morgan fingerprint density at radius 1 is 1.15 bits per heavy atom. The Balaban J connectivity index is 1.29. The van der Waals surface area contributed by atoms with E-state index in [1.54, 1.807) is 0 Å². The summed E-state index contributed by atoms with van der Waals surface area (Å²) in [5.74, 6) is 1.59. The summed E-state index contributed by atoms with van der Waals surface area (Å²) in [6, 6.07) is 8.13. The second-order valence-electron chi connectivity index (χ2n) is 7.18. The standard InChI is InChI=1S/C19H24N4O4/c1-22-18(24)11-21-23(19(22)25)14-8-6-13(7-9-14)20-10-15-12-26-16-4-2-3-5-17(16)27-15/h2-5,11,13-15,20H,6-10,12H2,1H3. The van der Waals surface area contributed by atoms with E-state index in [1.165, 1.54) is 17.9 Å². The Kier molecular flexibility index (Phi) is 4.98. The van der Waals surface area contributed by atoms with Gasteiger partial charge in [-0.25, -0.2) is 9.48 Å². The van der Waals surface area contributed by atoms with E-state index in [2.05, 4.69) is 10.4 Å². The van der Waals surface area contributed by atoms with Crippen LogP contribution in [0.2, 0.25) is 0 Å². The van der Waals surface area contributed by atoms with Gasteiger partial charge in [-0.2, -0.15) is 5.10 Å². The van der Waals surface area contributed by atoms with Gasteiger partial charge in [0.2, 0.25) is 0 Å². The van der Waals surface area contributed by atoms with Crippen LogP contribution in [0.15, 0.2) is 40.1 Å². The molecule has 0 spiro atoms. The molecule has 2 heterocycles. The van der Waals surface area contributed by atoms with Crippen molar-refractivity contribution in [3.8, 4) is 11.5 Å². The first-order valence-corrected chi connectivity index (χ1v) is 9.38. The zero-order valence-corrected chi connectivity index (χ0v) is 15.3. The van der Waals surface area contributed by atoms with Gasteiger partial charge < -0.3 is 14.8 Å². The van der Waals surface area contributed by atoms with Crippen molar-refractivity contribution in [2.45, 2.75) is 43.9 Å². The van der Waals surface area contributed by atoms with Gasteiger partial charge in [0.15, 0.2) is 11.5 Å². The maximum atomic E-state index is 12.2. The van der Waals surface area contributed by atoms with Gasteiger partial charge in [-0.1, -0.05) is 12.1 Å². The molecule has 1 saturated carbocycles. The van der Waals surface area contributed by atoms with Crippen molar-refractivity contribution >= 4 is 0 Å². The highest BCUT2D eigenvalue weighted by atomic mass is 16.6. The summed E-state index contributed by atoms with van der Waals surface area (Å²) in [5.41, 5.74) is -0.715. The van der Waals surface area contributed by atoms with Gasteiger partial charge in [0, 0.05) is 19.6 Å². The highest BCUT2D eigenvalue weighted by Crippen LogP contribution is 2.31. The molecular weight excluding hydrogens is 348 g/mol. The van der Waals surface area contributed by atoms with Crippen molar-refractivity contribution in [3.05, 3.63) is 51.3 Å². The minimum atomic E-state index is -0.372. The van der Waals surface area contributed by atoms with Crippen LogP contribution >= 0.6 is 0 Å². The first-order valence-electron chi connectivity index (χ1n) is 9.38. The number of nitrogens with one attached hydrogen (secondary N) is 1. The number of para-hydroxylation sites is 2. The molecule has 144 valence electrons. The Morgan fingerprint density at radius 3 is 2.67 bits per heavy atom. The lowest BCUT2D eigenvalue weighted by Crippen LogP contribution is -2.45. The summed E-state index contributed by atoms with van der Waals surface area (Å²) < 4.78 is 14.3. The maximum absolute atomic E-state index is 12.2. The number of hydrogen-bond donors (Lipinski definition) is 1. The zero-order valence-electron chi connectivity index (χ0n) is 15.3. The molecule has 27 heavy (non-hydrogen) atoms. The highest BCUT2D eigenvalue weighted by Gasteiger charge is 2.26. The Morgan fingerprint density at radius 2 is 1.89 bits per heavy atom. The third-order valence-corrected chi connectivity index (χ3v) is 5.35. The molecule has 4 rings (SSSR count). The third kappa shape index (κ3) is 3.75. The van der Waals surface area contributed by atoms with Crippen LogP contribution in [0.4, 0.5) is 0 Å². The molecule has 2 aliphatic rings. The number of hydrogen-bond acceptors (Lipinski definition) is 6. The highest BCUT2D eigenvalue weighted by molar-refractivity contribution is 5.40. The number of benzene rings is 1.